The first-order valence-electron chi connectivity index (χ1n) is 9.89. The summed E-state index contributed by atoms with van der Waals surface area (Å²) in [5.74, 6) is -0.812. The molecule has 0 aliphatic heterocycles. The lowest BCUT2D eigenvalue weighted by atomic mass is 10.2. The number of hydrogen-bond acceptors (Lipinski definition) is 4. The van der Waals surface area contributed by atoms with Crippen LogP contribution in [0.2, 0.25) is 0 Å². The maximum Gasteiger partial charge on any atom is 0.243 e. The Balaban J connectivity index is 1.85. The van der Waals surface area contributed by atoms with Gasteiger partial charge in [-0.05, 0) is 55.1 Å². The molecule has 31 heavy (non-hydrogen) atoms. The fourth-order valence-corrected chi connectivity index (χ4v) is 5.45. The van der Waals surface area contributed by atoms with E-state index in [9.17, 15) is 17.6 Å². The van der Waals surface area contributed by atoms with Gasteiger partial charge in [0, 0.05) is 17.5 Å². The van der Waals surface area contributed by atoms with E-state index in [1.165, 1.54) is 12.1 Å². The van der Waals surface area contributed by atoms with Crippen molar-refractivity contribution in [2.75, 3.05) is 6.54 Å². The van der Waals surface area contributed by atoms with Gasteiger partial charge in [-0.3, -0.25) is 4.79 Å². The Morgan fingerprint density at radius 2 is 1.65 bits per heavy atom. The molecule has 1 heterocycles. The minimum Gasteiger partial charge on any atom is -0.332 e. The van der Waals surface area contributed by atoms with Gasteiger partial charge in [-0.1, -0.05) is 36.4 Å². The molecule has 0 saturated heterocycles. The van der Waals surface area contributed by atoms with Crippen molar-refractivity contribution in [2.45, 2.75) is 37.9 Å². The zero-order valence-corrected chi connectivity index (χ0v) is 19.1. The maximum absolute atomic E-state index is 13.3. The van der Waals surface area contributed by atoms with Crippen molar-refractivity contribution < 1.29 is 17.6 Å². The van der Waals surface area contributed by atoms with E-state index in [1.54, 1.807) is 30.1 Å². The molecule has 2 aromatic carbocycles. The van der Waals surface area contributed by atoms with Gasteiger partial charge in [-0.15, -0.1) is 11.3 Å². The summed E-state index contributed by atoms with van der Waals surface area (Å²) in [6.07, 6.45) is 0. The zero-order chi connectivity index (χ0) is 22.4. The Morgan fingerprint density at radius 3 is 2.23 bits per heavy atom. The minimum absolute atomic E-state index is 0.0386. The Morgan fingerprint density at radius 1 is 0.968 bits per heavy atom. The maximum atomic E-state index is 13.3. The number of carbonyl (C=O) groups excluding carboxylic acids is 1. The molecule has 0 N–H and O–H groups in total. The van der Waals surface area contributed by atoms with Gasteiger partial charge >= 0.3 is 0 Å². The summed E-state index contributed by atoms with van der Waals surface area (Å²) in [4.78, 5) is 15.9. The van der Waals surface area contributed by atoms with E-state index >= 15 is 0 Å². The Bertz CT molecular complexity index is 1080. The highest BCUT2D eigenvalue weighted by Crippen LogP contribution is 2.20. The molecule has 3 aromatic rings. The van der Waals surface area contributed by atoms with Crippen LogP contribution in [-0.4, -0.2) is 36.1 Å². The summed E-state index contributed by atoms with van der Waals surface area (Å²) in [5, 5.41) is 1.94. The van der Waals surface area contributed by atoms with Gasteiger partial charge in [0.15, 0.2) is 0 Å². The van der Waals surface area contributed by atoms with Crippen LogP contribution >= 0.6 is 11.3 Å². The average molecular weight is 461 g/mol. The van der Waals surface area contributed by atoms with Crippen molar-refractivity contribution in [1.29, 1.82) is 0 Å². The van der Waals surface area contributed by atoms with Gasteiger partial charge in [0.2, 0.25) is 15.9 Å². The molecule has 0 aliphatic rings. The van der Waals surface area contributed by atoms with Gasteiger partial charge < -0.3 is 4.90 Å². The molecule has 0 saturated carbocycles. The van der Waals surface area contributed by atoms with Crippen LogP contribution in [0.15, 0.2) is 77.0 Å². The van der Waals surface area contributed by atoms with E-state index in [4.69, 9.17) is 0 Å². The quantitative estimate of drug-likeness (QED) is 0.472. The second-order valence-electron chi connectivity index (χ2n) is 7.41. The van der Waals surface area contributed by atoms with E-state index in [-0.39, 0.29) is 17.3 Å². The molecule has 3 rings (SSSR count). The summed E-state index contributed by atoms with van der Waals surface area (Å²) in [6, 6.07) is 17.7. The lowest BCUT2D eigenvalue weighted by molar-refractivity contribution is -0.132. The molecule has 0 radical (unpaired) electrons. The fourth-order valence-electron chi connectivity index (χ4n) is 3.15. The minimum atomic E-state index is -3.96. The summed E-state index contributed by atoms with van der Waals surface area (Å²) in [6.45, 7) is 3.91. The van der Waals surface area contributed by atoms with Crippen molar-refractivity contribution in [3.05, 3.63) is 88.4 Å². The van der Waals surface area contributed by atoms with Crippen molar-refractivity contribution in [3.8, 4) is 0 Å². The first kappa shape index (κ1) is 23.1. The van der Waals surface area contributed by atoms with Crippen LogP contribution in [0.25, 0.3) is 0 Å². The number of nitrogens with zero attached hydrogens (tertiary/aromatic N) is 2. The highest BCUT2D eigenvalue weighted by molar-refractivity contribution is 7.89. The number of rotatable bonds is 9. The van der Waals surface area contributed by atoms with Crippen LogP contribution in [0, 0.1) is 5.82 Å². The van der Waals surface area contributed by atoms with Gasteiger partial charge in [0.25, 0.3) is 0 Å². The second-order valence-corrected chi connectivity index (χ2v) is 10.3. The predicted octanol–water partition coefficient (Wildman–Crippen LogP) is 4.52. The Labute approximate surface area is 186 Å². The van der Waals surface area contributed by atoms with Crippen molar-refractivity contribution >= 4 is 27.3 Å². The monoisotopic (exact) mass is 460 g/mol. The Kier molecular flexibility index (Phi) is 7.59. The zero-order valence-electron chi connectivity index (χ0n) is 17.4. The van der Waals surface area contributed by atoms with Gasteiger partial charge in [-0.25, -0.2) is 12.8 Å². The number of hydrogen-bond donors (Lipinski definition) is 0. The molecule has 0 atom stereocenters. The molecule has 0 bridgehead atoms. The van der Waals surface area contributed by atoms with Crippen molar-refractivity contribution in [1.82, 2.24) is 9.21 Å². The molecule has 1 amide bonds. The van der Waals surface area contributed by atoms with Crippen molar-refractivity contribution in [2.24, 2.45) is 0 Å². The first-order chi connectivity index (χ1) is 14.8. The summed E-state index contributed by atoms with van der Waals surface area (Å²) < 4.78 is 40.7. The standard InChI is InChI=1S/C23H25FN2O3S2/c1-18(2)26(31(28,29)22-12-10-20(24)11-13-22)17-23(27)25(16-21-9-6-14-30-21)15-19-7-4-3-5-8-19/h3-14,18H,15-17H2,1-2H3. The van der Waals surface area contributed by atoms with Crippen LogP contribution in [0.1, 0.15) is 24.3 Å². The van der Waals surface area contributed by atoms with E-state index < -0.39 is 21.9 Å². The summed E-state index contributed by atoms with van der Waals surface area (Å²) in [7, 11) is -3.96. The molecular formula is C23H25FN2O3S2. The van der Waals surface area contributed by atoms with Crippen LogP contribution in [-0.2, 0) is 27.9 Å². The molecule has 0 aliphatic carbocycles. The van der Waals surface area contributed by atoms with Gasteiger partial charge in [0.1, 0.15) is 5.82 Å². The topological polar surface area (TPSA) is 57.7 Å². The predicted molar refractivity (Wildman–Crippen MR) is 120 cm³/mol. The number of thiophene rings is 1. The third-order valence-corrected chi connectivity index (χ3v) is 7.68. The molecule has 0 fully saturated rings. The number of benzene rings is 2. The van der Waals surface area contributed by atoms with E-state index in [1.807, 2.05) is 47.8 Å². The molecule has 0 spiro atoms. The molecule has 164 valence electrons. The lowest BCUT2D eigenvalue weighted by Crippen LogP contribution is -2.45. The highest BCUT2D eigenvalue weighted by atomic mass is 32.2. The van der Waals surface area contributed by atoms with Gasteiger partial charge in [-0.2, -0.15) is 4.31 Å². The molecular weight excluding hydrogens is 435 g/mol. The van der Waals surface area contributed by atoms with Crippen molar-refractivity contribution in [3.63, 3.8) is 0 Å². The lowest BCUT2D eigenvalue weighted by Gasteiger charge is -2.29. The SMILES string of the molecule is CC(C)N(CC(=O)N(Cc1ccccc1)Cc1cccs1)S(=O)(=O)c1ccc(F)cc1. The number of sulfonamides is 1. The molecule has 1 aromatic heterocycles. The number of amides is 1. The third-order valence-electron chi connectivity index (χ3n) is 4.78. The second kappa shape index (κ2) is 10.2. The van der Waals surface area contributed by atoms with Crippen LogP contribution in [0.4, 0.5) is 4.39 Å². The van der Waals surface area contributed by atoms with E-state index in [0.29, 0.717) is 13.1 Å². The molecule has 0 unspecified atom stereocenters. The first-order valence-corrected chi connectivity index (χ1v) is 12.2. The van der Waals surface area contributed by atoms with Gasteiger partial charge in [0.05, 0.1) is 18.0 Å². The van der Waals surface area contributed by atoms with E-state index in [2.05, 4.69) is 0 Å². The molecule has 8 heteroatoms. The smallest absolute Gasteiger partial charge is 0.243 e. The fraction of sp³-hybridized carbons (Fsp3) is 0.261. The van der Waals surface area contributed by atoms with Crippen LogP contribution in [0.3, 0.4) is 0 Å². The normalized spacial score (nSPS) is 11.8. The highest BCUT2D eigenvalue weighted by Gasteiger charge is 2.31. The molecule has 5 nitrogen and oxygen atoms in total. The summed E-state index contributed by atoms with van der Waals surface area (Å²) in [5.41, 5.74) is 0.963. The third kappa shape index (κ3) is 6.00. The summed E-state index contributed by atoms with van der Waals surface area (Å²) >= 11 is 1.55. The average Bonchev–Trinajstić information content (AvgIpc) is 3.25. The number of halogens is 1. The van der Waals surface area contributed by atoms with Crippen LogP contribution < -0.4 is 0 Å². The largest absolute Gasteiger partial charge is 0.332 e. The Hall–Kier alpha value is -2.55. The van der Waals surface area contributed by atoms with E-state index in [0.717, 1.165) is 26.9 Å². The number of carbonyl (C=O) groups is 1. The van der Waals surface area contributed by atoms with Crippen LogP contribution in [0.5, 0.6) is 0 Å².